The van der Waals surface area contributed by atoms with Crippen molar-refractivity contribution in [2.75, 3.05) is 0 Å². The van der Waals surface area contributed by atoms with Crippen LogP contribution in [-0.2, 0) is 12.4 Å². The average Bonchev–Trinajstić information content (AvgIpc) is 2.75. The molecule has 3 aromatic carbocycles. The fraction of sp³-hybridized carbons (Fsp3) is 0.0909. The Bertz CT molecular complexity index is 1060. The van der Waals surface area contributed by atoms with Gasteiger partial charge in [-0.25, -0.2) is 13.2 Å². The van der Waals surface area contributed by atoms with E-state index in [9.17, 15) is 13.2 Å². The van der Waals surface area contributed by atoms with Gasteiger partial charge in [-0.1, -0.05) is 42.1 Å². The van der Waals surface area contributed by atoms with Crippen molar-refractivity contribution in [2.45, 2.75) is 12.4 Å². The van der Waals surface area contributed by atoms with Crippen molar-refractivity contribution in [3.63, 3.8) is 0 Å². The summed E-state index contributed by atoms with van der Waals surface area (Å²) in [6.45, 7) is -0.272. The lowest BCUT2D eigenvalue weighted by Crippen LogP contribution is -2.06. The van der Waals surface area contributed by atoms with Gasteiger partial charge in [0.25, 0.3) is 0 Å². The Labute approximate surface area is 176 Å². The van der Waals surface area contributed by atoms with Gasteiger partial charge < -0.3 is 10.5 Å². The fourth-order valence-corrected chi connectivity index (χ4v) is 3.07. The van der Waals surface area contributed by atoms with Crippen molar-refractivity contribution < 1.29 is 17.9 Å². The number of rotatable bonds is 7. The molecule has 0 aliphatic carbocycles. The summed E-state index contributed by atoms with van der Waals surface area (Å²) in [6, 6.07) is 16.6. The van der Waals surface area contributed by atoms with E-state index in [0.29, 0.717) is 11.3 Å². The van der Waals surface area contributed by atoms with Gasteiger partial charge in [0.2, 0.25) is 0 Å². The van der Waals surface area contributed by atoms with Gasteiger partial charge in [0.15, 0.2) is 5.17 Å². The van der Waals surface area contributed by atoms with Crippen LogP contribution >= 0.6 is 11.8 Å². The highest BCUT2D eigenvalue weighted by molar-refractivity contribution is 8.13. The summed E-state index contributed by atoms with van der Waals surface area (Å²) >= 11 is 1.33. The minimum absolute atomic E-state index is 0.0155. The van der Waals surface area contributed by atoms with Crippen LogP contribution in [0.4, 0.5) is 13.2 Å². The Balaban J connectivity index is 1.66. The number of ether oxygens (including phenoxy) is 1. The number of amidine groups is 1. The lowest BCUT2D eigenvalue weighted by Gasteiger charge is -2.10. The van der Waals surface area contributed by atoms with Crippen molar-refractivity contribution >= 4 is 23.1 Å². The summed E-state index contributed by atoms with van der Waals surface area (Å²) in [5.41, 5.74) is 7.37. The molecule has 3 aromatic rings. The maximum Gasteiger partial charge on any atom is 0.180 e. The molecule has 2 N–H and O–H groups in total. The maximum absolute atomic E-state index is 13.8. The van der Waals surface area contributed by atoms with E-state index in [1.807, 2.05) is 30.3 Å². The van der Waals surface area contributed by atoms with E-state index >= 15 is 0 Å². The molecule has 0 bridgehead atoms. The van der Waals surface area contributed by atoms with Crippen LogP contribution in [0.2, 0.25) is 0 Å². The van der Waals surface area contributed by atoms with Crippen molar-refractivity contribution in [2.24, 2.45) is 15.9 Å². The van der Waals surface area contributed by atoms with Crippen LogP contribution in [0, 0.1) is 17.5 Å². The Morgan fingerprint density at radius 1 is 0.967 bits per heavy atom. The molecule has 0 aliphatic heterocycles. The molecule has 3 rings (SSSR count). The predicted octanol–water partition coefficient (Wildman–Crippen LogP) is 5.26. The first-order chi connectivity index (χ1) is 14.5. The highest BCUT2D eigenvalue weighted by Crippen LogP contribution is 2.21. The van der Waals surface area contributed by atoms with Crippen LogP contribution in [0.25, 0.3) is 0 Å². The van der Waals surface area contributed by atoms with E-state index in [0.717, 1.165) is 29.8 Å². The third-order valence-electron chi connectivity index (χ3n) is 3.95. The van der Waals surface area contributed by atoms with Gasteiger partial charge in [-0.05, 0) is 35.9 Å². The molecule has 4 nitrogen and oxygen atoms in total. The molecule has 0 aromatic heterocycles. The first-order valence-electron chi connectivity index (χ1n) is 8.91. The number of benzene rings is 3. The zero-order valence-electron chi connectivity index (χ0n) is 15.8. The van der Waals surface area contributed by atoms with Crippen molar-refractivity contribution in [1.29, 1.82) is 0 Å². The molecular weight excluding hydrogens is 411 g/mol. The maximum atomic E-state index is 13.8. The molecule has 0 unspecified atom stereocenters. The van der Waals surface area contributed by atoms with Gasteiger partial charge in [-0.15, -0.1) is 5.10 Å². The summed E-state index contributed by atoms with van der Waals surface area (Å²) in [7, 11) is 0. The first kappa shape index (κ1) is 21.4. The topological polar surface area (TPSA) is 60.0 Å². The summed E-state index contributed by atoms with van der Waals surface area (Å²) in [5.74, 6) is -0.975. The molecule has 0 radical (unpaired) electrons. The Morgan fingerprint density at radius 2 is 1.70 bits per heavy atom. The molecular formula is C22H18F3N3OS. The van der Waals surface area contributed by atoms with Crippen LogP contribution in [0.3, 0.4) is 0 Å². The summed E-state index contributed by atoms with van der Waals surface area (Å²) in [6.07, 6.45) is 1.35. The molecule has 0 spiro atoms. The third-order valence-corrected chi connectivity index (χ3v) is 4.80. The normalized spacial score (nSPS) is 11.8. The molecule has 0 saturated carbocycles. The largest absolute Gasteiger partial charge is 0.488 e. The van der Waals surface area contributed by atoms with Crippen LogP contribution < -0.4 is 10.5 Å². The molecule has 154 valence electrons. The zero-order chi connectivity index (χ0) is 21.3. The van der Waals surface area contributed by atoms with Crippen molar-refractivity contribution in [3.05, 3.63) is 101 Å². The van der Waals surface area contributed by atoms with E-state index < -0.39 is 17.5 Å². The molecule has 30 heavy (non-hydrogen) atoms. The monoisotopic (exact) mass is 429 g/mol. The van der Waals surface area contributed by atoms with Gasteiger partial charge in [0.05, 0.1) is 6.21 Å². The van der Waals surface area contributed by atoms with E-state index in [2.05, 4.69) is 10.2 Å². The lowest BCUT2D eigenvalue weighted by atomic mass is 10.2. The smallest absolute Gasteiger partial charge is 0.180 e. The van der Waals surface area contributed by atoms with E-state index in [4.69, 9.17) is 10.5 Å². The van der Waals surface area contributed by atoms with Crippen LogP contribution in [0.5, 0.6) is 5.75 Å². The van der Waals surface area contributed by atoms with Gasteiger partial charge in [-0.3, -0.25) is 0 Å². The predicted molar refractivity (Wildman–Crippen MR) is 114 cm³/mol. The van der Waals surface area contributed by atoms with Gasteiger partial charge >= 0.3 is 0 Å². The number of nitrogens with two attached hydrogens (primary N) is 1. The standard InChI is InChI=1S/C22H18F3N3OS/c23-18-8-9-20(25)17(10-18)13-29-21-11-19(24)7-6-16(21)12-27-28-22(26)30-14-15-4-2-1-3-5-15/h1-12H,13-14H2,(H2,26,28). The molecule has 8 heteroatoms. The fourth-order valence-electron chi connectivity index (χ4n) is 2.46. The van der Waals surface area contributed by atoms with Crippen molar-refractivity contribution in [3.8, 4) is 5.75 Å². The number of thioether (sulfide) groups is 1. The van der Waals surface area contributed by atoms with Gasteiger partial charge in [0, 0.05) is 22.9 Å². The molecule has 0 aliphatic rings. The Kier molecular flexibility index (Phi) is 7.51. The number of hydrogen-bond donors (Lipinski definition) is 1. The van der Waals surface area contributed by atoms with Crippen LogP contribution in [0.15, 0.2) is 76.9 Å². The van der Waals surface area contributed by atoms with E-state index in [-0.39, 0.29) is 23.1 Å². The summed E-state index contributed by atoms with van der Waals surface area (Å²) < 4.78 is 46.2. The number of hydrogen-bond acceptors (Lipinski definition) is 4. The second-order valence-corrected chi connectivity index (χ2v) is 7.16. The molecule has 0 fully saturated rings. The third kappa shape index (κ3) is 6.38. The second-order valence-electron chi connectivity index (χ2n) is 6.16. The molecule has 0 heterocycles. The van der Waals surface area contributed by atoms with E-state index in [1.54, 1.807) is 0 Å². The Hall–Kier alpha value is -3.26. The minimum Gasteiger partial charge on any atom is -0.488 e. The van der Waals surface area contributed by atoms with Gasteiger partial charge in [-0.2, -0.15) is 5.10 Å². The molecule has 0 saturated heterocycles. The first-order valence-corrected chi connectivity index (χ1v) is 9.89. The summed E-state index contributed by atoms with van der Waals surface area (Å²) in [4.78, 5) is 0. The average molecular weight is 429 g/mol. The number of halogens is 3. The highest BCUT2D eigenvalue weighted by atomic mass is 32.2. The summed E-state index contributed by atoms with van der Waals surface area (Å²) in [5, 5.41) is 8.09. The van der Waals surface area contributed by atoms with Gasteiger partial charge in [0.1, 0.15) is 29.8 Å². The van der Waals surface area contributed by atoms with Crippen molar-refractivity contribution in [1.82, 2.24) is 0 Å². The van der Waals surface area contributed by atoms with Crippen LogP contribution in [0.1, 0.15) is 16.7 Å². The van der Waals surface area contributed by atoms with Crippen LogP contribution in [-0.4, -0.2) is 11.4 Å². The number of nitrogens with zero attached hydrogens (tertiary/aromatic N) is 2. The molecule has 0 atom stereocenters. The second kappa shape index (κ2) is 10.5. The Morgan fingerprint density at radius 3 is 2.50 bits per heavy atom. The zero-order valence-corrected chi connectivity index (χ0v) is 16.6. The molecule has 0 amide bonds. The highest BCUT2D eigenvalue weighted by Gasteiger charge is 2.08. The minimum atomic E-state index is -0.615. The van der Waals surface area contributed by atoms with E-state index in [1.165, 1.54) is 30.1 Å². The lowest BCUT2D eigenvalue weighted by molar-refractivity contribution is 0.297. The quantitative estimate of drug-likeness (QED) is 0.316. The SMILES string of the molecule is NC(=NN=Cc1ccc(F)cc1OCc1cc(F)ccc1F)SCc1ccccc1.